The fraction of sp³-hybridized carbons (Fsp3) is 0.364. The Balaban J connectivity index is 2.02. The molecule has 1 aliphatic rings. The fourth-order valence-corrected chi connectivity index (χ4v) is 6.14. The molecule has 0 aliphatic carbocycles. The SMILES string of the molecule is COc1cc(OC)c(S(=O)(=O)N2c3ccccc3CC[C@H]2C)cc1NC(=O)CSCC(=O)O. The first-order valence-electron chi connectivity index (χ1n) is 10.2. The van der Waals surface area contributed by atoms with Crippen molar-refractivity contribution < 1.29 is 32.6 Å². The number of rotatable bonds is 9. The predicted octanol–water partition coefficient (Wildman–Crippen LogP) is 2.99. The van der Waals surface area contributed by atoms with E-state index in [1.165, 1.54) is 30.7 Å². The van der Waals surface area contributed by atoms with Crippen LogP contribution < -0.4 is 19.1 Å². The molecule has 33 heavy (non-hydrogen) atoms. The van der Waals surface area contributed by atoms with Gasteiger partial charge < -0.3 is 19.9 Å². The summed E-state index contributed by atoms with van der Waals surface area (Å²) in [4.78, 5) is 22.9. The number of fused-ring (bicyclic) bond motifs is 1. The Morgan fingerprint density at radius 3 is 2.52 bits per heavy atom. The van der Waals surface area contributed by atoms with Crippen LogP contribution in [0.25, 0.3) is 0 Å². The van der Waals surface area contributed by atoms with Gasteiger partial charge in [0, 0.05) is 12.1 Å². The number of hydrogen-bond acceptors (Lipinski definition) is 7. The first kappa shape index (κ1) is 24.7. The van der Waals surface area contributed by atoms with Gasteiger partial charge in [0.05, 0.1) is 37.1 Å². The summed E-state index contributed by atoms with van der Waals surface area (Å²) in [6.45, 7) is 1.85. The van der Waals surface area contributed by atoms with E-state index in [1.807, 2.05) is 19.1 Å². The van der Waals surface area contributed by atoms with Crippen LogP contribution in [0.1, 0.15) is 18.9 Å². The molecule has 2 aromatic carbocycles. The zero-order chi connectivity index (χ0) is 24.2. The van der Waals surface area contributed by atoms with Gasteiger partial charge in [0.25, 0.3) is 10.0 Å². The standard InChI is InChI=1S/C22H26N2O7S2/c1-14-8-9-15-6-4-5-7-17(15)24(14)33(28,29)20-10-16(18(30-2)11-19(20)31-3)23-21(25)12-32-13-22(26)27/h4-7,10-11,14H,8-9,12-13H2,1-3H3,(H,23,25)(H,26,27)/t14-/m1/s1. The Bertz CT molecular complexity index is 1150. The van der Waals surface area contributed by atoms with Crippen molar-refractivity contribution in [2.45, 2.75) is 30.7 Å². The smallest absolute Gasteiger partial charge is 0.313 e. The lowest BCUT2D eigenvalue weighted by molar-refractivity contribution is -0.133. The number of benzene rings is 2. The summed E-state index contributed by atoms with van der Waals surface area (Å²) in [6.07, 6.45) is 1.44. The van der Waals surface area contributed by atoms with E-state index < -0.39 is 21.9 Å². The molecule has 1 aliphatic heterocycles. The summed E-state index contributed by atoms with van der Waals surface area (Å²) in [6, 6.07) is 9.82. The molecule has 2 N–H and O–H groups in total. The quantitative estimate of drug-likeness (QED) is 0.546. The van der Waals surface area contributed by atoms with Gasteiger partial charge in [-0.15, -0.1) is 11.8 Å². The van der Waals surface area contributed by atoms with Crippen molar-refractivity contribution in [3.05, 3.63) is 42.0 Å². The molecule has 0 aromatic heterocycles. The molecule has 0 unspecified atom stereocenters. The number of anilines is 2. The zero-order valence-electron chi connectivity index (χ0n) is 18.5. The van der Waals surface area contributed by atoms with Crippen molar-refractivity contribution in [3.8, 4) is 11.5 Å². The van der Waals surface area contributed by atoms with Gasteiger partial charge in [-0.3, -0.25) is 13.9 Å². The number of carboxylic acids is 1. The van der Waals surface area contributed by atoms with Crippen LogP contribution in [0.3, 0.4) is 0 Å². The maximum atomic E-state index is 13.8. The number of nitrogens with one attached hydrogen (secondary N) is 1. The first-order valence-corrected chi connectivity index (χ1v) is 12.8. The Hall–Kier alpha value is -2.92. The van der Waals surface area contributed by atoms with Crippen LogP contribution >= 0.6 is 11.8 Å². The molecule has 1 amide bonds. The number of carbonyl (C=O) groups excluding carboxylic acids is 1. The minimum atomic E-state index is -4.06. The van der Waals surface area contributed by atoms with Crippen molar-refractivity contribution in [1.29, 1.82) is 0 Å². The number of para-hydroxylation sites is 1. The number of aliphatic carboxylic acids is 1. The van der Waals surface area contributed by atoms with Crippen LogP contribution in [-0.2, 0) is 26.0 Å². The average molecular weight is 495 g/mol. The monoisotopic (exact) mass is 494 g/mol. The van der Waals surface area contributed by atoms with Crippen molar-refractivity contribution >= 4 is 45.0 Å². The molecular formula is C22H26N2O7S2. The lowest BCUT2D eigenvalue weighted by atomic mass is 9.99. The number of amides is 1. The summed E-state index contributed by atoms with van der Waals surface area (Å²) in [5.41, 5.74) is 1.70. The molecule has 3 rings (SSSR count). The molecule has 1 atom stereocenters. The normalized spacial score (nSPS) is 15.5. The number of methoxy groups -OCH3 is 2. The van der Waals surface area contributed by atoms with E-state index in [2.05, 4.69) is 5.32 Å². The van der Waals surface area contributed by atoms with Crippen LogP contribution in [0, 0.1) is 0 Å². The van der Waals surface area contributed by atoms with Crippen molar-refractivity contribution in [1.82, 2.24) is 0 Å². The maximum Gasteiger partial charge on any atom is 0.313 e. The minimum Gasteiger partial charge on any atom is -0.495 e. The summed E-state index contributed by atoms with van der Waals surface area (Å²) in [5, 5.41) is 11.4. The molecule has 9 nitrogen and oxygen atoms in total. The third-order valence-corrected chi connectivity index (χ3v) is 8.08. The maximum absolute atomic E-state index is 13.8. The van der Waals surface area contributed by atoms with Gasteiger partial charge in [-0.1, -0.05) is 18.2 Å². The summed E-state index contributed by atoms with van der Waals surface area (Å²) >= 11 is 0.931. The Labute approximate surface area is 197 Å². The summed E-state index contributed by atoms with van der Waals surface area (Å²) in [5.74, 6) is -1.54. The van der Waals surface area contributed by atoms with Crippen molar-refractivity contribution in [3.63, 3.8) is 0 Å². The number of nitrogens with zero attached hydrogens (tertiary/aromatic N) is 1. The van der Waals surface area contributed by atoms with Crippen LogP contribution in [0.15, 0.2) is 41.3 Å². The number of hydrogen-bond donors (Lipinski definition) is 2. The number of aryl methyl sites for hydroxylation is 1. The Morgan fingerprint density at radius 1 is 1.15 bits per heavy atom. The second-order valence-electron chi connectivity index (χ2n) is 7.46. The molecule has 11 heteroatoms. The largest absolute Gasteiger partial charge is 0.495 e. The van der Waals surface area contributed by atoms with Crippen molar-refractivity contribution in [2.24, 2.45) is 0 Å². The van der Waals surface area contributed by atoms with E-state index in [-0.39, 0.29) is 39.6 Å². The van der Waals surface area contributed by atoms with Gasteiger partial charge in [0.15, 0.2) is 0 Å². The van der Waals surface area contributed by atoms with E-state index >= 15 is 0 Å². The van der Waals surface area contributed by atoms with Crippen molar-refractivity contribution in [2.75, 3.05) is 35.3 Å². The first-order chi connectivity index (χ1) is 15.7. The number of carboxylic acid groups (broad SMARTS) is 1. The molecule has 0 fully saturated rings. The molecule has 0 saturated heterocycles. The molecule has 2 aromatic rings. The van der Waals surface area contributed by atoms with Gasteiger partial charge in [0.2, 0.25) is 5.91 Å². The average Bonchev–Trinajstić information content (AvgIpc) is 2.78. The number of thioether (sulfide) groups is 1. The second-order valence-corrected chi connectivity index (χ2v) is 10.2. The van der Waals surface area contributed by atoms with Gasteiger partial charge in [0.1, 0.15) is 16.4 Å². The Morgan fingerprint density at radius 2 is 1.85 bits per heavy atom. The van der Waals surface area contributed by atoms with Crippen LogP contribution in [0.4, 0.5) is 11.4 Å². The van der Waals surface area contributed by atoms with Crippen LogP contribution in [-0.4, -0.2) is 57.2 Å². The van der Waals surface area contributed by atoms with Gasteiger partial charge in [-0.25, -0.2) is 8.42 Å². The van der Waals surface area contributed by atoms with Crippen LogP contribution in [0.5, 0.6) is 11.5 Å². The highest BCUT2D eigenvalue weighted by molar-refractivity contribution is 8.00. The molecule has 178 valence electrons. The zero-order valence-corrected chi connectivity index (χ0v) is 20.2. The molecule has 0 saturated carbocycles. The highest BCUT2D eigenvalue weighted by Gasteiger charge is 2.36. The summed E-state index contributed by atoms with van der Waals surface area (Å²) < 4.78 is 39.8. The van der Waals surface area contributed by atoms with E-state index in [0.29, 0.717) is 12.1 Å². The van der Waals surface area contributed by atoms with E-state index in [9.17, 15) is 18.0 Å². The van der Waals surface area contributed by atoms with Gasteiger partial charge >= 0.3 is 5.97 Å². The van der Waals surface area contributed by atoms with Gasteiger partial charge in [-0.2, -0.15) is 0 Å². The predicted molar refractivity (Wildman–Crippen MR) is 127 cm³/mol. The molecule has 0 spiro atoms. The van der Waals surface area contributed by atoms with E-state index in [4.69, 9.17) is 14.6 Å². The third-order valence-electron chi connectivity index (χ3n) is 5.22. The molecule has 0 bridgehead atoms. The topological polar surface area (TPSA) is 122 Å². The third kappa shape index (κ3) is 5.36. The molecular weight excluding hydrogens is 468 g/mol. The fourth-order valence-electron chi connectivity index (χ4n) is 3.71. The lowest BCUT2D eigenvalue weighted by Gasteiger charge is -2.36. The second kappa shape index (κ2) is 10.3. The highest BCUT2D eigenvalue weighted by Crippen LogP contribution is 2.41. The molecule has 1 heterocycles. The molecule has 0 radical (unpaired) electrons. The van der Waals surface area contributed by atoms with E-state index in [1.54, 1.807) is 12.1 Å². The highest BCUT2D eigenvalue weighted by atomic mass is 32.2. The van der Waals surface area contributed by atoms with Gasteiger partial charge in [-0.05, 0) is 37.5 Å². The lowest BCUT2D eigenvalue weighted by Crippen LogP contribution is -2.42. The van der Waals surface area contributed by atoms with Crippen LogP contribution in [0.2, 0.25) is 0 Å². The Kier molecular flexibility index (Phi) is 7.75. The number of ether oxygens (including phenoxy) is 2. The minimum absolute atomic E-state index is 0.0837. The number of carbonyl (C=O) groups is 2. The number of sulfonamides is 1. The van der Waals surface area contributed by atoms with E-state index in [0.717, 1.165) is 23.7 Å². The summed E-state index contributed by atoms with van der Waals surface area (Å²) in [7, 11) is -1.31.